The quantitative estimate of drug-likeness (QED) is 0.780. The number of nitrogens with zero attached hydrogens (tertiary/aromatic N) is 2. The highest BCUT2D eigenvalue weighted by Gasteiger charge is 2.58. The van der Waals surface area contributed by atoms with Gasteiger partial charge in [0, 0.05) is 31.2 Å². The maximum absolute atomic E-state index is 12.6. The van der Waals surface area contributed by atoms with Gasteiger partial charge in [-0.1, -0.05) is 19.8 Å². The first-order valence-corrected chi connectivity index (χ1v) is 9.66. The van der Waals surface area contributed by atoms with Gasteiger partial charge in [0.25, 0.3) is 0 Å². The first kappa shape index (κ1) is 17.2. The minimum Gasteiger partial charge on any atom is -0.378 e. The molecule has 23 heavy (non-hydrogen) atoms. The number of amides is 1. The Balaban J connectivity index is 1.55. The lowest BCUT2D eigenvalue weighted by Crippen LogP contribution is -2.64. The van der Waals surface area contributed by atoms with Crippen LogP contribution in [0.25, 0.3) is 0 Å². The number of likely N-dealkylation sites (tertiary alicyclic amines) is 1. The van der Waals surface area contributed by atoms with Crippen molar-refractivity contribution in [1.82, 2.24) is 9.80 Å². The lowest BCUT2D eigenvalue weighted by atomic mass is 9.60. The molecule has 1 heterocycles. The van der Waals surface area contributed by atoms with Gasteiger partial charge in [0.05, 0.1) is 12.6 Å². The van der Waals surface area contributed by atoms with Gasteiger partial charge in [0.2, 0.25) is 5.91 Å². The molecule has 1 amide bonds. The molecule has 0 bridgehead atoms. The number of ether oxygens (including phenoxy) is 1. The van der Waals surface area contributed by atoms with E-state index in [4.69, 9.17) is 4.74 Å². The fourth-order valence-electron chi connectivity index (χ4n) is 5.15. The van der Waals surface area contributed by atoms with E-state index >= 15 is 0 Å². The van der Waals surface area contributed by atoms with E-state index in [9.17, 15) is 4.79 Å². The molecule has 0 N–H and O–H groups in total. The van der Waals surface area contributed by atoms with Gasteiger partial charge in [-0.25, -0.2) is 0 Å². The summed E-state index contributed by atoms with van der Waals surface area (Å²) in [5.41, 5.74) is 0.335. The molecule has 0 aromatic carbocycles. The Labute approximate surface area is 141 Å². The second-order valence-electron chi connectivity index (χ2n) is 8.11. The van der Waals surface area contributed by atoms with Gasteiger partial charge in [-0.3, -0.25) is 9.69 Å². The van der Waals surface area contributed by atoms with Crippen LogP contribution in [0.3, 0.4) is 0 Å². The molecule has 3 rings (SSSR count). The number of piperidine rings is 1. The standard InChI is InChI=1S/C19H34N2O2/c1-4-23-17-13-16(19(17)9-5-6-10-19)20(3)14-18(22)21-11-7-15(2)8-12-21/h15-17H,4-14H2,1-3H3. The van der Waals surface area contributed by atoms with E-state index in [1.54, 1.807) is 0 Å². The molecule has 1 spiro atoms. The molecule has 0 radical (unpaired) electrons. The second kappa shape index (κ2) is 7.10. The van der Waals surface area contributed by atoms with Gasteiger partial charge in [0.1, 0.15) is 0 Å². The van der Waals surface area contributed by atoms with Crippen LogP contribution in [0.4, 0.5) is 0 Å². The summed E-state index contributed by atoms with van der Waals surface area (Å²) in [5, 5.41) is 0. The summed E-state index contributed by atoms with van der Waals surface area (Å²) in [4.78, 5) is 17.0. The number of hydrogen-bond acceptors (Lipinski definition) is 3. The average Bonchev–Trinajstić information content (AvgIpc) is 3.04. The highest BCUT2D eigenvalue weighted by Crippen LogP contribution is 2.56. The van der Waals surface area contributed by atoms with Gasteiger partial charge in [0.15, 0.2) is 0 Å². The van der Waals surface area contributed by atoms with Crippen LogP contribution in [0.1, 0.15) is 58.8 Å². The SMILES string of the molecule is CCOC1CC(N(C)CC(=O)N2CCC(C)CC2)C12CCCC2. The highest BCUT2D eigenvalue weighted by molar-refractivity contribution is 5.78. The Morgan fingerprint density at radius 3 is 2.52 bits per heavy atom. The zero-order valence-electron chi connectivity index (χ0n) is 15.2. The van der Waals surface area contributed by atoms with Crippen LogP contribution in [0.15, 0.2) is 0 Å². The van der Waals surface area contributed by atoms with Crippen molar-refractivity contribution >= 4 is 5.91 Å². The number of carbonyl (C=O) groups is 1. The molecule has 2 unspecified atom stereocenters. The van der Waals surface area contributed by atoms with Gasteiger partial charge in [-0.05, 0) is 52.0 Å². The fourth-order valence-corrected chi connectivity index (χ4v) is 5.15. The van der Waals surface area contributed by atoms with E-state index in [2.05, 4.69) is 30.7 Å². The maximum Gasteiger partial charge on any atom is 0.236 e. The summed E-state index contributed by atoms with van der Waals surface area (Å²) < 4.78 is 6.01. The van der Waals surface area contributed by atoms with Crippen molar-refractivity contribution in [3.8, 4) is 0 Å². The molecule has 3 aliphatic rings. The van der Waals surface area contributed by atoms with E-state index in [-0.39, 0.29) is 0 Å². The Morgan fingerprint density at radius 1 is 1.26 bits per heavy atom. The Morgan fingerprint density at radius 2 is 1.91 bits per heavy atom. The van der Waals surface area contributed by atoms with Crippen molar-refractivity contribution in [2.24, 2.45) is 11.3 Å². The van der Waals surface area contributed by atoms with Gasteiger partial charge >= 0.3 is 0 Å². The summed E-state index contributed by atoms with van der Waals surface area (Å²) in [6, 6.07) is 0.536. The lowest BCUT2D eigenvalue weighted by molar-refractivity contribution is -0.165. The maximum atomic E-state index is 12.6. The molecule has 3 fully saturated rings. The minimum absolute atomic E-state index is 0.326. The van der Waals surface area contributed by atoms with Crippen molar-refractivity contribution in [3.63, 3.8) is 0 Å². The first-order chi connectivity index (χ1) is 11.1. The van der Waals surface area contributed by atoms with Crippen LogP contribution in [-0.4, -0.2) is 61.1 Å². The second-order valence-corrected chi connectivity index (χ2v) is 8.11. The molecule has 0 aromatic rings. The number of likely N-dealkylation sites (N-methyl/N-ethyl adjacent to an activating group) is 1. The summed E-state index contributed by atoms with van der Waals surface area (Å²) in [7, 11) is 2.15. The van der Waals surface area contributed by atoms with Crippen molar-refractivity contribution in [2.75, 3.05) is 33.3 Å². The largest absolute Gasteiger partial charge is 0.378 e. The molecule has 2 saturated carbocycles. The minimum atomic E-state index is 0.326. The van der Waals surface area contributed by atoms with Crippen molar-refractivity contribution in [2.45, 2.75) is 70.9 Å². The lowest BCUT2D eigenvalue weighted by Gasteiger charge is -2.57. The van der Waals surface area contributed by atoms with E-state index < -0.39 is 0 Å². The third-order valence-corrected chi connectivity index (χ3v) is 6.70. The molecule has 132 valence electrons. The van der Waals surface area contributed by atoms with Crippen LogP contribution < -0.4 is 0 Å². The zero-order chi connectivity index (χ0) is 16.4. The molecule has 1 aliphatic heterocycles. The predicted molar refractivity (Wildman–Crippen MR) is 92.3 cm³/mol. The molecule has 0 aromatic heterocycles. The molecular weight excluding hydrogens is 288 g/mol. The number of carbonyl (C=O) groups excluding carboxylic acids is 1. The van der Waals surface area contributed by atoms with Crippen LogP contribution >= 0.6 is 0 Å². The highest BCUT2D eigenvalue weighted by atomic mass is 16.5. The zero-order valence-corrected chi connectivity index (χ0v) is 15.2. The van der Waals surface area contributed by atoms with Crippen LogP contribution in [0, 0.1) is 11.3 Å². The number of rotatable bonds is 5. The topological polar surface area (TPSA) is 32.8 Å². The first-order valence-electron chi connectivity index (χ1n) is 9.66. The van der Waals surface area contributed by atoms with Gasteiger partial charge in [-0.15, -0.1) is 0 Å². The molecule has 2 aliphatic carbocycles. The van der Waals surface area contributed by atoms with Gasteiger partial charge in [-0.2, -0.15) is 0 Å². The fraction of sp³-hybridized carbons (Fsp3) is 0.947. The third kappa shape index (κ3) is 3.30. The van der Waals surface area contributed by atoms with E-state index in [0.29, 0.717) is 30.0 Å². The normalized spacial score (nSPS) is 30.9. The summed E-state index contributed by atoms with van der Waals surface area (Å²) >= 11 is 0. The molecule has 2 atom stereocenters. The van der Waals surface area contributed by atoms with E-state index in [1.165, 1.54) is 25.7 Å². The Kier molecular flexibility index (Phi) is 5.32. The monoisotopic (exact) mass is 322 g/mol. The van der Waals surface area contributed by atoms with E-state index in [0.717, 1.165) is 44.9 Å². The van der Waals surface area contributed by atoms with Crippen molar-refractivity contribution < 1.29 is 9.53 Å². The molecule has 1 saturated heterocycles. The summed E-state index contributed by atoms with van der Waals surface area (Å²) in [5.74, 6) is 1.10. The smallest absolute Gasteiger partial charge is 0.236 e. The van der Waals surface area contributed by atoms with Crippen LogP contribution in [0.5, 0.6) is 0 Å². The third-order valence-electron chi connectivity index (χ3n) is 6.70. The molecular formula is C19H34N2O2. The molecule has 4 nitrogen and oxygen atoms in total. The van der Waals surface area contributed by atoms with Crippen molar-refractivity contribution in [3.05, 3.63) is 0 Å². The van der Waals surface area contributed by atoms with Crippen LogP contribution in [-0.2, 0) is 9.53 Å². The van der Waals surface area contributed by atoms with Crippen LogP contribution in [0.2, 0.25) is 0 Å². The summed E-state index contributed by atoms with van der Waals surface area (Å²) in [6.45, 7) is 7.68. The van der Waals surface area contributed by atoms with E-state index in [1.807, 2.05) is 0 Å². The van der Waals surface area contributed by atoms with Crippen molar-refractivity contribution in [1.29, 1.82) is 0 Å². The predicted octanol–water partition coefficient (Wildman–Crippen LogP) is 2.91. The number of hydrogen-bond donors (Lipinski definition) is 0. The summed E-state index contributed by atoms with van der Waals surface area (Å²) in [6.07, 6.45) is 9.06. The average molecular weight is 322 g/mol. The van der Waals surface area contributed by atoms with Gasteiger partial charge < -0.3 is 9.64 Å². The molecule has 4 heteroatoms. The Hall–Kier alpha value is -0.610. The Bertz CT molecular complexity index is 412.